The molecular formula is C12H16N2O. The number of carbonyl (C=O) groups excluding carboxylic acids is 1. The van der Waals surface area contributed by atoms with Gasteiger partial charge in [-0.2, -0.15) is 0 Å². The first-order chi connectivity index (χ1) is 7.15. The summed E-state index contributed by atoms with van der Waals surface area (Å²) in [5, 5.41) is 6.01. The van der Waals surface area contributed by atoms with Gasteiger partial charge in [0.2, 0.25) is 5.91 Å². The Morgan fingerprint density at radius 3 is 2.40 bits per heavy atom. The molecule has 80 valence electrons. The normalized spacial score (nSPS) is 19.5. The summed E-state index contributed by atoms with van der Waals surface area (Å²) in [6.07, 6.45) is 0.941. The zero-order valence-corrected chi connectivity index (χ0v) is 9.13. The van der Waals surface area contributed by atoms with Crippen LogP contribution >= 0.6 is 0 Å². The molecule has 1 heterocycles. The monoisotopic (exact) mass is 204 g/mol. The summed E-state index contributed by atoms with van der Waals surface area (Å²) >= 11 is 0. The molecule has 0 spiro atoms. The van der Waals surface area contributed by atoms with Crippen molar-refractivity contribution in [2.24, 2.45) is 0 Å². The standard InChI is InChI=1S/C12H16N2O/c1-8-5-9(2)7-10(6-8)14-12(15)11-3-4-13-11/h5-7,11,13H,3-4H2,1-2H3,(H,14,15)/t11-/m1/s1. The zero-order valence-electron chi connectivity index (χ0n) is 9.13. The third kappa shape index (κ3) is 2.36. The van der Waals surface area contributed by atoms with Crippen molar-refractivity contribution in [2.75, 3.05) is 11.9 Å². The van der Waals surface area contributed by atoms with Crippen LogP contribution in [-0.4, -0.2) is 18.5 Å². The summed E-state index contributed by atoms with van der Waals surface area (Å²) < 4.78 is 0. The summed E-state index contributed by atoms with van der Waals surface area (Å²) in [6, 6.07) is 6.08. The molecule has 0 bridgehead atoms. The van der Waals surface area contributed by atoms with Crippen LogP contribution in [0.4, 0.5) is 5.69 Å². The van der Waals surface area contributed by atoms with Crippen LogP contribution in [0.3, 0.4) is 0 Å². The maximum atomic E-state index is 11.6. The van der Waals surface area contributed by atoms with Gasteiger partial charge < -0.3 is 10.6 Å². The highest BCUT2D eigenvalue weighted by molar-refractivity contribution is 5.95. The fourth-order valence-corrected chi connectivity index (χ4v) is 1.79. The fraction of sp³-hybridized carbons (Fsp3) is 0.417. The van der Waals surface area contributed by atoms with Gasteiger partial charge in [-0.25, -0.2) is 0 Å². The van der Waals surface area contributed by atoms with Gasteiger partial charge in [0.15, 0.2) is 0 Å². The van der Waals surface area contributed by atoms with Gasteiger partial charge in [0.1, 0.15) is 0 Å². The highest BCUT2D eigenvalue weighted by atomic mass is 16.2. The van der Waals surface area contributed by atoms with Gasteiger partial charge in [0.25, 0.3) is 0 Å². The minimum Gasteiger partial charge on any atom is -0.325 e. The van der Waals surface area contributed by atoms with Crippen LogP contribution in [0.1, 0.15) is 17.5 Å². The third-order valence-corrected chi connectivity index (χ3v) is 2.63. The molecule has 2 rings (SSSR count). The number of anilines is 1. The maximum Gasteiger partial charge on any atom is 0.241 e. The van der Waals surface area contributed by atoms with Crippen molar-refractivity contribution in [1.82, 2.24) is 5.32 Å². The van der Waals surface area contributed by atoms with E-state index < -0.39 is 0 Å². The topological polar surface area (TPSA) is 41.1 Å². The number of carbonyl (C=O) groups is 1. The predicted molar refractivity (Wildman–Crippen MR) is 61.0 cm³/mol. The van der Waals surface area contributed by atoms with Crippen LogP contribution in [0.15, 0.2) is 18.2 Å². The van der Waals surface area contributed by atoms with E-state index in [1.54, 1.807) is 0 Å². The van der Waals surface area contributed by atoms with Crippen LogP contribution in [-0.2, 0) is 4.79 Å². The molecule has 1 fully saturated rings. The molecule has 1 atom stereocenters. The molecule has 15 heavy (non-hydrogen) atoms. The second kappa shape index (κ2) is 4.03. The Balaban J connectivity index is 2.06. The maximum absolute atomic E-state index is 11.6. The van der Waals surface area contributed by atoms with Crippen LogP contribution in [0.25, 0.3) is 0 Å². The Hall–Kier alpha value is -1.35. The lowest BCUT2D eigenvalue weighted by molar-refractivity contribution is -0.119. The van der Waals surface area contributed by atoms with Gasteiger partial charge in [-0.05, 0) is 50.1 Å². The van der Waals surface area contributed by atoms with Gasteiger partial charge in [-0.1, -0.05) is 6.07 Å². The van der Waals surface area contributed by atoms with E-state index in [-0.39, 0.29) is 11.9 Å². The van der Waals surface area contributed by atoms with E-state index in [2.05, 4.69) is 16.7 Å². The molecule has 0 aliphatic carbocycles. The molecule has 1 aromatic carbocycles. The summed E-state index contributed by atoms with van der Waals surface area (Å²) in [4.78, 5) is 11.6. The Labute approximate surface area is 89.9 Å². The third-order valence-electron chi connectivity index (χ3n) is 2.63. The summed E-state index contributed by atoms with van der Waals surface area (Å²) in [7, 11) is 0. The first-order valence-corrected chi connectivity index (χ1v) is 5.28. The molecule has 0 radical (unpaired) electrons. The van der Waals surface area contributed by atoms with E-state index >= 15 is 0 Å². The van der Waals surface area contributed by atoms with Crippen molar-refractivity contribution in [3.8, 4) is 0 Å². The van der Waals surface area contributed by atoms with Gasteiger partial charge in [0, 0.05) is 5.69 Å². The van der Waals surface area contributed by atoms with E-state index in [0.717, 1.165) is 18.7 Å². The number of benzene rings is 1. The van der Waals surface area contributed by atoms with Crippen molar-refractivity contribution < 1.29 is 4.79 Å². The Kier molecular flexibility index (Phi) is 2.73. The minimum absolute atomic E-state index is 0.00539. The Morgan fingerprint density at radius 2 is 1.93 bits per heavy atom. The number of rotatable bonds is 2. The van der Waals surface area contributed by atoms with Crippen molar-refractivity contribution in [1.29, 1.82) is 0 Å². The van der Waals surface area contributed by atoms with E-state index in [1.807, 2.05) is 26.0 Å². The van der Waals surface area contributed by atoms with Crippen LogP contribution in [0.2, 0.25) is 0 Å². The average molecular weight is 204 g/mol. The minimum atomic E-state index is 0.00539. The van der Waals surface area contributed by atoms with E-state index in [9.17, 15) is 4.79 Å². The lowest BCUT2D eigenvalue weighted by Gasteiger charge is -2.26. The molecule has 2 N–H and O–H groups in total. The SMILES string of the molecule is Cc1cc(C)cc(NC(=O)[C@H]2CCN2)c1. The van der Waals surface area contributed by atoms with Crippen molar-refractivity contribution >= 4 is 11.6 Å². The quantitative estimate of drug-likeness (QED) is 0.768. The Bertz CT molecular complexity index is 363. The molecule has 1 saturated heterocycles. The average Bonchev–Trinajstić information content (AvgIpc) is 1.96. The van der Waals surface area contributed by atoms with Crippen LogP contribution < -0.4 is 10.6 Å². The number of hydrogen-bond donors (Lipinski definition) is 2. The first kappa shape index (κ1) is 10.2. The number of aryl methyl sites for hydroxylation is 2. The van der Waals surface area contributed by atoms with Crippen molar-refractivity contribution in [3.63, 3.8) is 0 Å². The molecular weight excluding hydrogens is 188 g/mol. The van der Waals surface area contributed by atoms with E-state index in [4.69, 9.17) is 0 Å². The summed E-state index contributed by atoms with van der Waals surface area (Å²) in [5.74, 6) is 0.0752. The van der Waals surface area contributed by atoms with Crippen molar-refractivity contribution in [2.45, 2.75) is 26.3 Å². The zero-order chi connectivity index (χ0) is 10.8. The van der Waals surface area contributed by atoms with Gasteiger partial charge in [-0.3, -0.25) is 4.79 Å². The molecule has 1 aliphatic heterocycles. The van der Waals surface area contributed by atoms with Gasteiger partial charge in [-0.15, -0.1) is 0 Å². The molecule has 1 aromatic rings. The molecule has 0 saturated carbocycles. The predicted octanol–water partition coefficient (Wildman–Crippen LogP) is 1.60. The second-order valence-electron chi connectivity index (χ2n) is 4.16. The molecule has 3 heteroatoms. The largest absolute Gasteiger partial charge is 0.325 e. The van der Waals surface area contributed by atoms with Gasteiger partial charge >= 0.3 is 0 Å². The summed E-state index contributed by atoms with van der Waals surface area (Å²) in [6.45, 7) is 5.01. The second-order valence-corrected chi connectivity index (χ2v) is 4.16. The molecule has 3 nitrogen and oxygen atoms in total. The van der Waals surface area contributed by atoms with Gasteiger partial charge in [0.05, 0.1) is 6.04 Å². The highest BCUT2D eigenvalue weighted by Gasteiger charge is 2.24. The van der Waals surface area contributed by atoms with Crippen LogP contribution in [0, 0.1) is 13.8 Å². The smallest absolute Gasteiger partial charge is 0.241 e. The molecule has 1 aliphatic rings. The number of amides is 1. The Morgan fingerprint density at radius 1 is 1.33 bits per heavy atom. The number of hydrogen-bond acceptors (Lipinski definition) is 2. The van der Waals surface area contributed by atoms with Crippen LogP contribution in [0.5, 0.6) is 0 Å². The van der Waals surface area contributed by atoms with Crippen molar-refractivity contribution in [3.05, 3.63) is 29.3 Å². The fourth-order valence-electron chi connectivity index (χ4n) is 1.79. The molecule has 0 aromatic heterocycles. The highest BCUT2D eigenvalue weighted by Crippen LogP contribution is 2.15. The lowest BCUT2D eigenvalue weighted by Crippen LogP contribution is -2.50. The summed E-state index contributed by atoms with van der Waals surface area (Å²) in [5.41, 5.74) is 3.24. The first-order valence-electron chi connectivity index (χ1n) is 5.28. The van der Waals surface area contributed by atoms with E-state index in [0.29, 0.717) is 0 Å². The number of nitrogens with one attached hydrogen (secondary N) is 2. The molecule has 0 unspecified atom stereocenters. The van der Waals surface area contributed by atoms with E-state index in [1.165, 1.54) is 11.1 Å². The lowest BCUT2D eigenvalue weighted by atomic mass is 10.1. The molecule has 1 amide bonds.